The summed E-state index contributed by atoms with van der Waals surface area (Å²) in [4.78, 5) is 15.8. The Morgan fingerprint density at radius 2 is 2.26 bits per heavy atom. The van der Waals surface area contributed by atoms with Gasteiger partial charge in [0.1, 0.15) is 0 Å². The molecule has 0 aliphatic carbocycles. The molecule has 19 heavy (non-hydrogen) atoms. The average Bonchev–Trinajstić information content (AvgIpc) is 2.63. The van der Waals surface area contributed by atoms with Crippen molar-refractivity contribution in [2.45, 2.75) is 25.3 Å². The minimum atomic E-state index is 0.137. The fourth-order valence-electron chi connectivity index (χ4n) is 2.50. The molecule has 1 aliphatic rings. The van der Waals surface area contributed by atoms with Gasteiger partial charge in [-0.25, -0.2) is 0 Å². The molecule has 1 unspecified atom stereocenters. The molecule has 2 heterocycles. The molecule has 1 amide bonds. The van der Waals surface area contributed by atoms with Crippen LogP contribution in [0.25, 0.3) is 10.9 Å². The number of hydrogen-bond acceptors (Lipinski definition) is 3. The van der Waals surface area contributed by atoms with E-state index in [-0.39, 0.29) is 11.9 Å². The van der Waals surface area contributed by atoms with Crippen LogP contribution in [0.15, 0.2) is 36.5 Å². The van der Waals surface area contributed by atoms with Crippen LogP contribution in [0.3, 0.4) is 0 Å². The number of carbonyl (C=O) groups excluding carboxylic acids is 1. The summed E-state index contributed by atoms with van der Waals surface area (Å²) in [7, 11) is 0. The van der Waals surface area contributed by atoms with E-state index < -0.39 is 0 Å². The van der Waals surface area contributed by atoms with E-state index >= 15 is 0 Å². The molecule has 2 N–H and O–H groups in total. The number of nitrogens with one attached hydrogen (secondary N) is 2. The lowest BCUT2D eigenvalue weighted by Gasteiger charge is -2.16. The lowest BCUT2D eigenvalue weighted by Crippen LogP contribution is -2.26. The SMILES string of the molecule is O=C1CC(Nc2ccc3ncccc3c2)CCCN1. The number of amides is 1. The van der Waals surface area contributed by atoms with Crippen molar-refractivity contribution in [1.29, 1.82) is 0 Å². The smallest absolute Gasteiger partial charge is 0.222 e. The van der Waals surface area contributed by atoms with Crippen LogP contribution in [0.1, 0.15) is 19.3 Å². The van der Waals surface area contributed by atoms with Gasteiger partial charge in [-0.3, -0.25) is 9.78 Å². The molecule has 1 saturated heterocycles. The first-order chi connectivity index (χ1) is 9.31. The molecule has 1 aromatic heterocycles. The van der Waals surface area contributed by atoms with E-state index in [1.807, 2.05) is 24.3 Å². The van der Waals surface area contributed by atoms with Gasteiger partial charge in [0, 0.05) is 36.3 Å². The van der Waals surface area contributed by atoms with E-state index in [0.29, 0.717) is 6.42 Å². The van der Waals surface area contributed by atoms with Gasteiger partial charge in [0.05, 0.1) is 5.52 Å². The van der Waals surface area contributed by atoms with Crippen LogP contribution in [-0.2, 0) is 4.79 Å². The molecule has 98 valence electrons. The Morgan fingerprint density at radius 1 is 1.32 bits per heavy atom. The molecule has 0 saturated carbocycles. The lowest BCUT2D eigenvalue weighted by molar-refractivity contribution is -0.120. The molecular weight excluding hydrogens is 238 g/mol. The zero-order valence-electron chi connectivity index (χ0n) is 10.7. The first-order valence-electron chi connectivity index (χ1n) is 6.69. The van der Waals surface area contributed by atoms with Crippen LogP contribution in [0.4, 0.5) is 5.69 Å². The highest BCUT2D eigenvalue weighted by Crippen LogP contribution is 2.20. The van der Waals surface area contributed by atoms with Gasteiger partial charge < -0.3 is 10.6 Å². The van der Waals surface area contributed by atoms with Crippen molar-refractivity contribution in [2.75, 3.05) is 11.9 Å². The minimum absolute atomic E-state index is 0.137. The molecule has 4 heteroatoms. The summed E-state index contributed by atoms with van der Waals surface area (Å²) in [6, 6.07) is 10.3. The van der Waals surface area contributed by atoms with Crippen LogP contribution >= 0.6 is 0 Å². The Labute approximate surface area is 112 Å². The predicted octanol–water partition coefficient (Wildman–Crippen LogP) is 2.32. The summed E-state index contributed by atoms with van der Waals surface area (Å²) in [5.74, 6) is 0.137. The maximum Gasteiger partial charge on any atom is 0.222 e. The molecule has 1 atom stereocenters. The number of benzene rings is 1. The average molecular weight is 255 g/mol. The maximum absolute atomic E-state index is 11.5. The van der Waals surface area contributed by atoms with Gasteiger partial charge in [0.25, 0.3) is 0 Å². The Balaban J connectivity index is 1.78. The molecular formula is C15H17N3O. The van der Waals surface area contributed by atoms with E-state index in [9.17, 15) is 4.79 Å². The van der Waals surface area contributed by atoms with Crippen molar-refractivity contribution in [3.05, 3.63) is 36.5 Å². The van der Waals surface area contributed by atoms with Gasteiger partial charge >= 0.3 is 0 Å². The fraction of sp³-hybridized carbons (Fsp3) is 0.333. The van der Waals surface area contributed by atoms with Gasteiger partial charge in [-0.2, -0.15) is 0 Å². The van der Waals surface area contributed by atoms with Crippen molar-refractivity contribution in [3.8, 4) is 0 Å². The molecule has 3 rings (SSSR count). The third-order valence-electron chi connectivity index (χ3n) is 3.46. The van der Waals surface area contributed by atoms with E-state index in [4.69, 9.17) is 0 Å². The molecule has 0 bridgehead atoms. The van der Waals surface area contributed by atoms with E-state index in [2.05, 4.69) is 21.7 Å². The van der Waals surface area contributed by atoms with Crippen molar-refractivity contribution in [3.63, 3.8) is 0 Å². The minimum Gasteiger partial charge on any atom is -0.382 e. The Kier molecular flexibility index (Phi) is 3.31. The first-order valence-corrected chi connectivity index (χ1v) is 6.69. The number of pyridine rings is 1. The maximum atomic E-state index is 11.5. The topological polar surface area (TPSA) is 54.0 Å². The first kappa shape index (κ1) is 12.0. The zero-order chi connectivity index (χ0) is 13.1. The number of anilines is 1. The van der Waals surface area contributed by atoms with Crippen LogP contribution < -0.4 is 10.6 Å². The highest BCUT2D eigenvalue weighted by atomic mass is 16.1. The number of nitrogens with zero attached hydrogens (tertiary/aromatic N) is 1. The molecule has 4 nitrogen and oxygen atoms in total. The quantitative estimate of drug-likeness (QED) is 0.866. The molecule has 2 aromatic rings. The Bertz CT molecular complexity index is 597. The number of rotatable bonds is 2. The molecule has 0 spiro atoms. The number of aromatic nitrogens is 1. The third-order valence-corrected chi connectivity index (χ3v) is 3.46. The molecule has 1 aliphatic heterocycles. The van der Waals surface area contributed by atoms with Crippen LogP contribution in [0, 0.1) is 0 Å². The fourth-order valence-corrected chi connectivity index (χ4v) is 2.50. The Hall–Kier alpha value is -2.10. The Morgan fingerprint density at radius 3 is 3.21 bits per heavy atom. The largest absolute Gasteiger partial charge is 0.382 e. The summed E-state index contributed by atoms with van der Waals surface area (Å²) in [6.07, 6.45) is 4.39. The second-order valence-electron chi connectivity index (χ2n) is 4.95. The molecule has 1 fully saturated rings. The van der Waals surface area contributed by atoms with Crippen molar-refractivity contribution < 1.29 is 4.79 Å². The third kappa shape index (κ3) is 2.84. The van der Waals surface area contributed by atoms with Crippen LogP contribution in [0.5, 0.6) is 0 Å². The second kappa shape index (κ2) is 5.26. The van der Waals surface area contributed by atoms with E-state index in [1.165, 1.54) is 0 Å². The molecule has 0 radical (unpaired) electrons. The van der Waals surface area contributed by atoms with Crippen LogP contribution in [0.2, 0.25) is 0 Å². The van der Waals surface area contributed by atoms with Crippen molar-refractivity contribution in [1.82, 2.24) is 10.3 Å². The van der Waals surface area contributed by atoms with Crippen molar-refractivity contribution in [2.24, 2.45) is 0 Å². The van der Waals surface area contributed by atoms with E-state index in [0.717, 1.165) is 36.0 Å². The highest BCUT2D eigenvalue weighted by Gasteiger charge is 2.16. The van der Waals surface area contributed by atoms with Gasteiger partial charge in [-0.15, -0.1) is 0 Å². The number of hydrogen-bond donors (Lipinski definition) is 2. The van der Waals surface area contributed by atoms with Gasteiger partial charge in [-0.1, -0.05) is 6.07 Å². The lowest BCUT2D eigenvalue weighted by atomic mass is 10.1. The van der Waals surface area contributed by atoms with Gasteiger partial charge in [0.2, 0.25) is 5.91 Å². The summed E-state index contributed by atoms with van der Waals surface area (Å²) in [5.41, 5.74) is 2.05. The summed E-state index contributed by atoms with van der Waals surface area (Å²) < 4.78 is 0. The second-order valence-corrected chi connectivity index (χ2v) is 4.95. The standard InChI is InChI=1S/C15H17N3O/c19-15-10-12(4-2-8-17-15)18-13-5-6-14-11(9-13)3-1-7-16-14/h1,3,5-7,9,12,18H,2,4,8,10H2,(H,17,19). The monoisotopic (exact) mass is 255 g/mol. The van der Waals surface area contributed by atoms with Crippen LogP contribution in [-0.4, -0.2) is 23.5 Å². The summed E-state index contributed by atoms with van der Waals surface area (Å²) >= 11 is 0. The van der Waals surface area contributed by atoms with E-state index in [1.54, 1.807) is 6.20 Å². The van der Waals surface area contributed by atoms with Gasteiger partial charge in [0.15, 0.2) is 0 Å². The highest BCUT2D eigenvalue weighted by molar-refractivity contribution is 5.82. The number of carbonyl (C=O) groups is 1. The summed E-state index contributed by atoms with van der Waals surface area (Å²) in [6.45, 7) is 0.790. The zero-order valence-corrected chi connectivity index (χ0v) is 10.7. The summed E-state index contributed by atoms with van der Waals surface area (Å²) in [5, 5.41) is 7.47. The van der Waals surface area contributed by atoms with Crippen molar-refractivity contribution >= 4 is 22.5 Å². The number of fused-ring (bicyclic) bond motifs is 1. The normalized spacial score (nSPS) is 19.8. The molecule has 1 aromatic carbocycles. The van der Waals surface area contributed by atoms with Gasteiger partial charge in [-0.05, 0) is 37.1 Å². The predicted molar refractivity (Wildman–Crippen MR) is 76.0 cm³/mol.